The SMILES string of the molecule is CCc1ccccc1NC(C)CCC(C)C. The van der Waals surface area contributed by atoms with Crippen molar-refractivity contribution in [3.63, 3.8) is 0 Å². The van der Waals surface area contributed by atoms with Crippen LogP contribution in [0.1, 0.15) is 46.1 Å². The molecule has 1 aromatic carbocycles. The molecule has 1 unspecified atom stereocenters. The largest absolute Gasteiger partial charge is 0.382 e. The summed E-state index contributed by atoms with van der Waals surface area (Å²) in [6.07, 6.45) is 3.64. The molecule has 0 bridgehead atoms. The highest BCUT2D eigenvalue weighted by Gasteiger charge is 2.05. The average molecular weight is 219 g/mol. The zero-order chi connectivity index (χ0) is 12.0. The van der Waals surface area contributed by atoms with Crippen molar-refractivity contribution in [1.82, 2.24) is 0 Å². The molecule has 1 atom stereocenters. The minimum absolute atomic E-state index is 0.565. The first kappa shape index (κ1) is 13.1. The van der Waals surface area contributed by atoms with Crippen LogP contribution in [0.15, 0.2) is 24.3 Å². The fraction of sp³-hybridized carbons (Fsp3) is 0.600. The molecule has 1 heteroatoms. The van der Waals surface area contributed by atoms with Gasteiger partial charge in [0.1, 0.15) is 0 Å². The normalized spacial score (nSPS) is 12.8. The smallest absolute Gasteiger partial charge is 0.0374 e. The first-order valence-corrected chi connectivity index (χ1v) is 6.48. The summed E-state index contributed by atoms with van der Waals surface area (Å²) < 4.78 is 0. The molecule has 0 fully saturated rings. The Hall–Kier alpha value is -0.980. The number of rotatable bonds is 6. The second kappa shape index (κ2) is 6.57. The summed E-state index contributed by atoms with van der Waals surface area (Å²) in [5, 5.41) is 3.62. The minimum atomic E-state index is 0.565. The highest BCUT2D eigenvalue weighted by molar-refractivity contribution is 5.51. The van der Waals surface area contributed by atoms with E-state index < -0.39 is 0 Å². The monoisotopic (exact) mass is 219 g/mol. The van der Waals surface area contributed by atoms with Gasteiger partial charge in [-0.05, 0) is 43.7 Å². The summed E-state index contributed by atoms with van der Waals surface area (Å²) in [7, 11) is 0. The molecule has 1 nitrogen and oxygen atoms in total. The van der Waals surface area contributed by atoms with Crippen molar-refractivity contribution >= 4 is 5.69 Å². The Bertz CT molecular complexity index is 304. The highest BCUT2D eigenvalue weighted by atomic mass is 14.9. The molecule has 0 aliphatic rings. The van der Waals surface area contributed by atoms with Crippen LogP contribution in [-0.2, 0) is 6.42 Å². The van der Waals surface area contributed by atoms with E-state index in [0.29, 0.717) is 6.04 Å². The van der Waals surface area contributed by atoms with Gasteiger partial charge in [0.15, 0.2) is 0 Å². The molecule has 0 radical (unpaired) electrons. The molecule has 0 aliphatic carbocycles. The maximum Gasteiger partial charge on any atom is 0.0374 e. The van der Waals surface area contributed by atoms with Gasteiger partial charge in [0.25, 0.3) is 0 Å². The zero-order valence-electron chi connectivity index (χ0n) is 11.1. The molecule has 90 valence electrons. The predicted molar refractivity (Wildman–Crippen MR) is 73.0 cm³/mol. The van der Waals surface area contributed by atoms with Gasteiger partial charge in [-0.1, -0.05) is 39.0 Å². The molecule has 0 amide bonds. The molecule has 0 saturated carbocycles. The van der Waals surface area contributed by atoms with E-state index in [1.807, 2.05) is 0 Å². The summed E-state index contributed by atoms with van der Waals surface area (Å²) in [6.45, 7) is 9.05. The van der Waals surface area contributed by atoms with Gasteiger partial charge in [0.2, 0.25) is 0 Å². The number of hydrogen-bond donors (Lipinski definition) is 1. The van der Waals surface area contributed by atoms with Gasteiger partial charge in [0.05, 0.1) is 0 Å². The summed E-state index contributed by atoms with van der Waals surface area (Å²) >= 11 is 0. The molecule has 1 aromatic rings. The van der Waals surface area contributed by atoms with E-state index in [-0.39, 0.29) is 0 Å². The van der Waals surface area contributed by atoms with E-state index in [1.165, 1.54) is 24.1 Å². The minimum Gasteiger partial charge on any atom is -0.382 e. The number of benzene rings is 1. The van der Waals surface area contributed by atoms with Crippen molar-refractivity contribution in [3.8, 4) is 0 Å². The fourth-order valence-electron chi connectivity index (χ4n) is 1.89. The van der Waals surface area contributed by atoms with Crippen molar-refractivity contribution in [2.45, 2.75) is 53.0 Å². The first-order valence-electron chi connectivity index (χ1n) is 6.48. The molecule has 0 aromatic heterocycles. The maximum atomic E-state index is 3.62. The first-order chi connectivity index (χ1) is 7.63. The number of aryl methyl sites for hydroxylation is 1. The zero-order valence-corrected chi connectivity index (χ0v) is 11.1. The van der Waals surface area contributed by atoms with E-state index in [4.69, 9.17) is 0 Å². The molecule has 1 N–H and O–H groups in total. The molecule has 0 aliphatic heterocycles. The lowest BCUT2D eigenvalue weighted by Gasteiger charge is -2.18. The third-order valence-corrected chi connectivity index (χ3v) is 2.98. The number of nitrogens with one attached hydrogen (secondary N) is 1. The lowest BCUT2D eigenvalue weighted by molar-refractivity contribution is 0.527. The summed E-state index contributed by atoms with van der Waals surface area (Å²) in [4.78, 5) is 0. The topological polar surface area (TPSA) is 12.0 Å². The van der Waals surface area contributed by atoms with Gasteiger partial charge >= 0.3 is 0 Å². The van der Waals surface area contributed by atoms with Crippen molar-refractivity contribution in [1.29, 1.82) is 0 Å². The Morgan fingerprint density at radius 2 is 1.75 bits per heavy atom. The van der Waals surface area contributed by atoms with Gasteiger partial charge < -0.3 is 5.32 Å². The lowest BCUT2D eigenvalue weighted by Crippen LogP contribution is -2.16. The number of anilines is 1. The van der Waals surface area contributed by atoms with Crippen molar-refractivity contribution in [2.75, 3.05) is 5.32 Å². The van der Waals surface area contributed by atoms with Crippen LogP contribution < -0.4 is 5.32 Å². The Balaban J connectivity index is 2.51. The summed E-state index contributed by atoms with van der Waals surface area (Å²) in [6, 6.07) is 9.18. The van der Waals surface area contributed by atoms with Crippen LogP contribution in [0.2, 0.25) is 0 Å². The Labute approximate surface area is 100 Å². The standard InChI is InChI=1S/C15H25N/c1-5-14-8-6-7-9-15(14)16-13(4)11-10-12(2)3/h6-9,12-13,16H,5,10-11H2,1-4H3. The Morgan fingerprint density at radius 1 is 1.06 bits per heavy atom. The van der Waals surface area contributed by atoms with Crippen LogP contribution in [0.4, 0.5) is 5.69 Å². The van der Waals surface area contributed by atoms with Gasteiger partial charge in [-0.15, -0.1) is 0 Å². The molecule has 0 spiro atoms. The quantitative estimate of drug-likeness (QED) is 0.743. The second-order valence-electron chi connectivity index (χ2n) is 5.03. The summed E-state index contributed by atoms with van der Waals surface area (Å²) in [5.41, 5.74) is 2.72. The van der Waals surface area contributed by atoms with Crippen LogP contribution in [0, 0.1) is 5.92 Å². The molecular weight excluding hydrogens is 194 g/mol. The third kappa shape index (κ3) is 4.26. The van der Waals surface area contributed by atoms with Crippen LogP contribution in [-0.4, -0.2) is 6.04 Å². The van der Waals surface area contributed by atoms with E-state index in [0.717, 1.165) is 12.3 Å². The summed E-state index contributed by atoms with van der Waals surface area (Å²) in [5.74, 6) is 0.797. The van der Waals surface area contributed by atoms with E-state index in [9.17, 15) is 0 Å². The van der Waals surface area contributed by atoms with Gasteiger partial charge in [0, 0.05) is 11.7 Å². The van der Waals surface area contributed by atoms with Gasteiger partial charge in [-0.3, -0.25) is 0 Å². The number of hydrogen-bond acceptors (Lipinski definition) is 1. The van der Waals surface area contributed by atoms with Crippen LogP contribution in [0.25, 0.3) is 0 Å². The Kier molecular flexibility index (Phi) is 5.37. The fourth-order valence-corrected chi connectivity index (χ4v) is 1.89. The van der Waals surface area contributed by atoms with Crippen molar-refractivity contribution in [2.24, 2.45) is 5.92 Å². The molecular formula is C15H25N. The number of para-hydroxylation sites is 1. The lowest BCUT2D eigenvalue weighted by atomic mass is 10.0. The van der Waals surface area contributed by atoms with E-state index >= 15 is 0 Å². The van der Waals surface area contributed by atoms with Crippen molar-refractivity contribution < 1.29 is 0 Å². The van der Waals surface area contributed by atoms with Crippen molar-refractivity contribution in [3.05, 3.63) is 29.8 Å². The van der Waals surface area contributed by atoms with E-state index in [2.05, 4.69) is 57.3 Å². The highest BCUT2D eigenvalue weighted by Crippen LogP contribution is 2.18. The van der Waals surface area contributed by atoms with Gasteiger partial charge in [-0.25, -0.2) is 0 Å². The molecule has 1 rings (SSSR count). The third-order valence-electron chi connectivity index (χ3n) is 2.98. The van der Waals surface area contributed by atoms with Crippen LogP contribution in [0.3, 0.4) is 0 Å². The molecule has 0 heterocycles. The Morgan fingerprint density at radius 3 is 2.38 bits per heavy atom. The van der Waals surface area contributed by atoms with Crippen LogP contribution >= 0.6 is 0 Å². The predicted octanol–water partition coefficient (Wildman–Crippen LogP) is 4.49. The second-order valence-corrected chi connectivity index (χ2v) is 5.03. The van der Waals surface area contributed by atoms with E-state index in [1.54, 1.807) is 0 Å². The van der Waals surface area contributed by atoms with Crippen LogP contribution in [0.5, 0.6) is 0 Å². The molecule has 0 saturated heterocycles. The van der Waals surface area contributed by atoms with Gasteiger partial charge in [-0.2, -0.15) is 0 Å². The molecule has 16 heavy (non-hydrogen) atoms. The maximum absolute atomic E-state index is 3.62. The average Bonchev–Trinajstić information content (AvgIpc) is 2.27.